The predicted molar refractivity (Wildman–Crippen MR) is 106 cm³/mol. The average molecular weight is 448 g/mol. The van der Waals surface area contributed by atoms with E-state index in [1.807, 2.05) is 0 Å². The monoisotopic (exact) mass is 448 g/mol. The van der Waals surface area contributed by atoms with Gasteiger partial charge in [0.25, 0.3) is 11.8 Å². The lowest BCUT2D eigenvalue weighted by Gasteiger charge is -2.40. The van der Waals surface area contributed by atoms with Crippen LogP contribution in [0.2, 0.25) is 0 Å². The number of ether oxygens (including phenoxy) is 1. The minimum absolute atomic E-state index is 0.166. The van der Waals surface area contributed by atoms with Crippen molar-refractivity contribution in [3.8, 4) is 0 Å². The van der Waals surface area contributed by atoms with Crippen molar-refractivity contribution >= 4 is 11.8 Å². The summed E-state index contributed by atoms with van der Waals surface area (Å²) in [6.45, 7) is 0.297. The zero-order valence-electron chi connectivity index (χ0n) is 16.8. The van der Waals surface area contributed by atoms with Crippen LogP contribution < -0.4 is 5.43 Å². The van der Waals surface area contributed by atoms with Gasteiger partial charge in [0.1, 0.15) is 0 Å². The smallest absolute Gasteiger partial charge is 0.314 e. The lowest BCUT2D eigenvalue weighted by atomic mass is 9.79. The topological polar surface area (TPSA) is 66.8 Å². The van der Waals surface area contributed by atoms with Crippen LogP contribution >= 0.6 is 0 Å². The van der Waals surface area contributed by atoms with Gasteiger partial charge >= 0.3 is 6.43 Å². The van der Waals surface area contributed by atoms with Crippen LogP contribution in [0.3, 0.4) is 0 Å². The van der Waals surface area contributed by atoms with Crippen molar-refractivity contribution in [3.05, 3.63) is 65.0 Å². The number of carbonyl (C=O) groups is 1. The molecule has 5 rings (SSSR count). The summed E-state index contributed by atoms with van der Waals surface area (Å²) in [6.07, 6.45) is -2.68. The fourth-order valence-corrected chi connectivity index (χ4v) is 4.70. The Morgan fingerprint density at radius 2 is 2.06 bits per heavy atom. The summed E-state index contributed by atoms with van der Waals surface area (Å²) in [5.41, 5.74) is 4.68. The Hall–Kier alpha value is -3.17. The highest BCUT2D eigenvalue weighted by atomic mass is 19.3. The molecule has 3 atom stereocenters. The molecule has 0 radical (unpaired) electrons. The lowest BCUT2D eigenvalue weighted by molar-refractivity contribution is -0.0608. The first-order valence-corrected chi connectivity index (χ1v) is 10.3. The predicted octanol–water partition coefficient (Wildman–Crippen LogP) is 4.21. The third kappa shape index (κ3) is 3.67. The fraction of sp³-hybridized carbons (Fsp3) is 0.409. The maximum absolute atomic E-state index is 14.3. The number of nitrogens with zero attached hydrogens (tertiary/aromatic N) is 3. The number of nitrogens with one attached hydrogen (secondary N) is 1. The molecule has 1 fully saturated rings. The third-order valence-electron chi connectivity index (χ3n) is 6.24. The number of halogens is 4. The zero-order chi connectivity index (χ0) is 22.5. The number of hydrazone groups is 1. The van der Waals surface area contributed by atoms with Crippen molar-refractivity contribution in [3.63, 3.8) is 0 Å². The Morgan fingerprint density at radius 1 is 1.22 bits per heavy atom. The van der Waals surface area contributed by atoms with Crippen LogP contribution in [0.25, 0.3) is 0 Å². The largest absolute Gasteiger partial charge is 0.446 e. The van der Waals surface area contributed by atoms with Crippen LogP contribution in [0.1, 0.15) is 58.6 Å². The molecule has 1 amide bonds. The molecule has 10 heteroatoms. The molecule has 0 spiro atoms. The minimum Gasteiger partial charge on any atom is -0.446 e. The van der Waals surface area contributed by atoms with Gasteiger partial charge in [0, 0.05) is 54.4 Å². The number of aromatic nitrogens is 1. The van der Waals surface area contributed by atoms with Gasteiger partial charge < -0.3 is 9.64 Å². The second kappa shape index (κ2) is 7.75. The van der Waals surface area contributed by atoms with Gasteiger partial charge in [0.15, 0.2) is 0 Å². The van der Waals surface area contributed by atoms with Crippen molar-refractivity contribution < 1.29 is 27.1 Å². The number of benzene rings is 1. The summed E-state index contributed by atoms with van der Waals surface area (Å²) in [4.78, 5) is 19.2. The molecule has 6 nitrogen and oxygen atoms in total. The summed E-state index contributed by atoms with van der Waals surface area (Å²) in [6, 6.07) is 9.79. The van der Waals surface area contributed by atoms with E-state index in [1.165, 1.54) is 0 Å². The number of hydrogen-bond acceptors (Lipinski definition) is 5. The number of alkyl halides is 4. The number of carbonyl (C=O) groups excluding carboxylic acids is 1. The van der Waals surface area contributed by atoms with Crippen LogP contribution in [0.5, 0.6) is 0 Å². The zero-order valence-corrected chi connectivity index (χ0v) is 16.8. The third-order valence-corrected chi connectivity index (χ3v) is 6.24. The van der Waals surface area contributed by atoms with Crippen LogP contribution in [-0.4, -0.2) is 40.1 Å². The first-order chi connectivity index (χ1) is 15.3. The van der Waals surface area contributed by atoms with Gasteiger partial charge in [0.05, 0.1) is 0 Å². The standard InChI is InChI=1S/C22H20F4N4O2/c23-18(24)20-29-28-19(32-20)12-4-5-13-11-30(21(31)14(13)9-12)17-6-7-22(25,26)10-15(17)16-3-1-2-8-27-16/h1-5,8-9,15,17-19,28H,6-7,10-11H2/t15-,17?,19?/m1/s1. The highest BCUT2D eigenvalue weighted by Gasteiger charge is 2.47. The molecular weight excluding hydrogens is 428 g/mol. The molecule has 0 saturated heterocycles. The number of fused-ring (bicyclic) bond motifs is 1. The average Bonchev–Trinajstić information content (AvgIpc) is 3.39. The summed E-state index contributed by atoms with van der Waals surface area (Å²) >= 11 is 0. The fourth-order valence-electron chi connectivity index (χ4n) is 4.70. The maximum Gasteiger partial charge on any atom is 0.314 e. The Bertz CT molecular complexity index is 1060. The molecule has 3 heterocycles. The van der Waals surface area contributed by atoms with Crippen molar-refractivity contribution in [2.45, 2.75) is 56.3 Å². The van der Waals surface area contributed by atoms with E-state index in [4.69, 9.17) is 4.74 Å². The maximum atomic E-state index is 14.3. The molecule has 1 aromatic heterocycles. The Labute approximate surface area is 181 Å². The number of rotatable bonds is 4. The Kier molecular flexibility index (Phi) is 5.02. The van der Waals surface area contributed by atoms with E-state index in [-0.39, 0.29) is 25.2 Å². The molecule has 1 saturated carbocycles. The lowest BCUT2D eigenvalue weighted by Crippen LogP contribution is -2.46. The van der Waals surface area contributed by atoms with Gasteiger partial charge in [0.2, 0.25) is 12.2 Å². The van der Waals surface area contributed by atoms with Crippen molar-refractivity contribution in [2.24, 2.45) is 5.10 Å². The molecule has 2 aromatic rings. The number of pyridine rings is 1. The molecule has 0 bridgehead atoms. The van der Waals surface area contributed by atoms with E-state index < -0.39 is 36.4 Å². The van der Waals surface area contributed by atoms with E-state index in [0.29, 0.717) is 23.4 Å². The second-order valence-electron chi connectivity index (χ2n) is 8.25. The van der Waals surface area contributed by atoms with Gasteiger partial charge in [-0.25, -0.2) is 8.78 Å². The number of hydrogen-bond donors (Lipinski definition) is 1. The first kappa shape index (κ1) is 20.7. The molecule has 2 aliphatic heterocycles. The Balaban J connectivity index is 1.39. The summed E-state index contributed by atoms with van der Waals surface area (Å²) < 4.78 is 59.2. The van der Waals surface area contributed by atoms with E-state index in [2.05, 4.69) is 15.5 Å². The van der Waals surface area contributed by atoms with Crippen molar-refractivity contribution in [2.75, 3.05) is 0 Å². The SMILES string of the molecule is O=C1c2cc(C3NN=C(C(F)F)O3)ccc2CN1C1CCC(F)(F)C[C@@H]1c1ccccn1. The van der Waals surface area contributed by atoms with E-state index >= 15 is 0 Å². The quantitative estimate of drug-likeness (QED) is 0.712. The second-order valence-corrected chi connectivity index (χ2v) is 8.25. The molecule has 1 N–H and O–H groups in total. The Morgan fingerprint density at radius 3 is 2.78 bits per heavy atom. The van der Waals surface area contributed by atoms with Crippen LogP contribution in [0, 0.1) is 0 Å². The molecule has 32 heavy (non-hydrogen) atoms. The normalized spacial score (nSPS) is 26.5. The highest BCUT2D eigenvalue weighted by molar-refractivity contribution is 5.98. The van der Waals surface area contributed by atoms with Gasteiger partial charge in [-0.15, -0.1) is 5.10 Å². The molecule has 1 aromatic carbocycles. The molecule has 3 aliphatic rings. The van der Waals surface area contributed by atoms with Crippen LogP contribution in [0.15, 0.2) is 47.7 Å². The van der Waals surface area contributed by atoms with Gasteiger partial charge in [-0.05, 0) is 30.2 Å². The van der Waals surface area contributed by atoms with Gasteiger partial charge in [-0.2, -0.15) is 8.78 Å². The molecule has 1 aliphatic carbocycles. The summed E-state index contributed by atoms with van der Waals surface area (Å²) in [5, 5.41) is 3.47. The first-order valence-electron chi connectivity index (χ1n) is 10.3. The van der Waals surface area contributed by atoms with E-state index in [1.54, 1.807) is 47.5 Å². The summed E-state index contributed by atoms with van der Waals surface area (Å²) in [5.74, 6) is -4.37. The van der Waals surface area contributed by atoms with Crippen LogP contribution in [-0.2, 0) is 11.3 Å². The number of amides is 1. The molecular formula is C22H20F4N4O2. The van der Waals surface area contributed by atoms with Gasteiger partial charge in [-0.1, -0.05) is 18.2 Å². The summed E-state index contributed by atoms with van der Waals surface area (Å²) in [7, 11) is 0. The van der Waals surface area contributed by atoms with Crippen LogP contribution in [0.4, 0.5) is 17.6 Å². The van der Waals surface area contributed by atoms with E-state index in [9.17, 15) is 22.4 Å². The minimum atomic E-state index is -2.84. The van der Waals surface area contributed by atoms with E-state index in [0.717, 1.165) is 5.56 Å². The molecule has 2 unspecified atom stereocenters. The van der Waals surface area contributed by atoms with Crippen molar-refractivity contribution in [1.29, 1.82) is 0 Å². The highest BCUT2D eigenvalue weighted by Crippen LogP contribution is 2.45. The van der Waals surface area contributed by atoms with Gasteiger partial charge in [-0.3, -0.25) is 15.2 Å². The molecule has 168 valence electrons. The van der Waals surface area contributed by atoms with Crippen molar-refractivity contribution in [1.82, 2.24) is 15.3 Å².